The van der Waals surface area contributed by atoms with Crippen molar-refractivity contribution in [2.75, 3.05) is 47.3 Å². The number of piperidine rings is 1. The van der Waals surface area contributed by atoms with Crippen molar-refractivity contribution in [3.05, 3.63) is 12.2 Å². The molecule has 1 heterocycles. The van der Waals surface area contributed by atoms with E-state index in [2.05, 4.69) is 35.8 Å². The van der Waals surface area contributed by atoms with Gasteiger partial charge in [0, 0.05) is 25.7 Å². The van der Waals surface area contributed by atoms with E-state index in [1.54, 1.807) is 0 Å². The normalized spacial score (nSPS) is 23.3. The Hall–Kier alpha value is -0.380. The third-order valence-corrected chi connectivity index (χ3v) is 3.08. The second kappa shape index (κ2) is 6.26. The van der Waals surface area contributed by atoms with Gasteiger partial charge in [-0.25, -0.2) is 0 Å². The Morgan fingerprint density at radius 1 is 1.53 bits per heavy atom. The summed E-state index contributed by atoms with van der Waals surface area (Å²) in [5, 5.41) is 3.15. The lowest BCUT2D eigenvalue weighted by Crippen LogP contribution is -2.45. The van der Waals surface area contributed by atoms with E-state index in [9.17, 15) is 0 Å². The number of rotatable bonds is 5. The van der Waals surface area contributed by atoms with Gasteiger partial charge in [0.1, 0.15) is 0 Å². The summed E-state index contributed by atoms with van der Waals surface area (Å²) in [6.45, 7) is 8.49. The van der Waals surface area contributed by atoms with E-state index in [1.807, 2.05) is 7.05 Å². The van der Waals surface area contributed by atoms with E-state index in [1.165, 1.54) is 31.5 Å². The molecule has 0 radical (unpaired) electrons. The zero-order valence-corrected chi connectivity index (χ0v) is 10.4. The minimum Gasteiger partial charge on any atom is -0.316 e. The minimum absolute atomic E-state index is 0.723. The van der Waals surface area contributed by atoms with Crippen LogP contribution < -0.4 is 5.32 Å². The van der Waals surface area contributed by atoms with Crippen molar-refractivity contribution in [2.24, 2.45) is 0 Å². The molecule has 1 N–H and O–H groups in total. The van der Waals surface area contributed by atoms with Crippen LogP contribution in [0.15, 0.2) is 12.2 Å². The molecule has 0 aromatic heterocycles. The molecule has 0 spiro atoms. The Kier molecular flexibility index (Phi) is 5.29. The molecule has 3 heteroatoms. The summed E-state index contributed by atoms with van der Waals surface area (Å²) >= 11 is 0. The fraction of sp³-hybridized carbons (Fsp3) is 0.833. The summed E-state index contributed by atoms with van der Waals surface area (Å²) in [6.07, 6.45) is 2.65. The molecule has 1 aliphatic heterocycles. The van der Waals surface area contributed by atoms with E-state index in [4.69, 9.17) is 0 Å². The predicted octanol–water partition coefficient (Wildman–Crippen LogP) is 0.788. The third-order valence-electron chi connectivity index (χ3n) is 3.08. The Bertz CT molecular complexity index is 201. The van der Waals surface area contributed by atoms with Gasteiger partial charge in [0.25, 0.3) is 0 Å². The molecule has 88 valence electrons. The van der Waals surface area contributed by atoms with Crippen molar-refractivity contribution in [2.45, 2.75) is 18.9 Å². The summed E-state index contributed by atoms with van der Waals surface area (Å²) in [5.41, 5.74) is 1.29. The molecule has 0 aliphatic carbocycles. The molecule has 0 saturated carbocycles. The highest BCUT2D eigenvalue weighted by Crippen LogP contribution is 2.14. The van der Waals surface area contributed by atoms with Crippen LogP contribution in [0.2, 0.25) is 0 Å². The molecule has 0 bridgehead atoms. The molecule has 0 aromatic rings. The lowest BCUT2D eigenvalue weighted by atomic mass is 10.0. The highest BCUT2D eigenvalue weighted by atomic mass is 15.2. The highest BCUT2D eigenvalue weighted by Gasteiger charge is 2.21. The molecule has 1 saturated heterocycles. The summed E-state index contributed by atoms with van der Waals surface area (Å²) in [7, 11) is 6.33. The second-order valence-electron chi connectivity index (χ2n) is 4.78. The van der Waals surface area contributed by atoms with Gasteiger partial charge >= 0.3 is 0 Å². The van der Waals surface area contributed by atoms with Crippen molar-refractivity contribution in [3.8, 4) is 0 Å². The first kappa shape index (κ1) is 12.7. The number of likely N-dealkylation sites (tertiary alicyclic amines) is 1. The van der Waals surface area contributed by atoms with Crippen LogP contribution in [-0.2, 0) is 0 Å². The van der Waals surface area contributed by atoms with Crippen LogP contribution in [0, 0.1) is 0 Å². The maximum atomic E-state index is 4.09. The molecule has 1 rings (SSSR count). The van der Waals surface area contributed by atoms with Crippen molar-refractivity contribution >= 4 is 0 Å². The molecular formula is C12H25N3. The first-order valence-corrected chi connectivity index (χ1v) is 5.83. The van der Waals surface area contributed by atoms with Gasteiger partial charge in [-0.2, -0.15) is 0 Å². The molecular weight excluding hydrogens is 186 g/mol. The lowest BCUT2D eigenvalue weighted by molar-refractivity contribution is 0.141. The Balaban J connectivity index is 2.33. The fourth-order valence-electron chi connectivity index (χ4n) is 2.22. The maximum Gasteiger partial charge on any atom is 0.0217 e. The average Bonchev–Trinajstić information content (AvgIpc) is 2.18. The van der Waals surface area contributed by atoms with Crippen LogP contribution in [0.25, 0.3) is 0 Å². The Morgan fingerprint density at radius 3 is 2.87 bits per heavy atom. The van der Waals surface area contributed by atoms with Gasteiger partial charge in [0.15, 0.2) is 0 Å². The quantitative estimate of drug-likeness (QED) is 0.678. The summed E-state index contributed by atoms with van der Waals surface area (Å²) in [5.74, 6) is 0. The smallest absolute Gasteiger partial charge is 0.0217 e. The SMILES string of the molecule is C=C(CNC)CN1CCCC(N(C)C)C1. The summed E-state index contributed by atoms with van der Waals surface area (Å²) < 4.78 is 0. The van der Waals surface area contributed by atoms with E-state index in [-0.39, 0.29) is 0 Å². The van der Waals surface area contributed by atoms with Crippen LogP contribution in [0.5, 0.6) is 0 Å². The van der Waals surface area contributed by atoms with Crippen molar-refractivity contribution in [1.82, 2.24) is 15.1 Å². The lowest BCUT2D eigenvalue weighted by Gasteiger charge is -2.36. The van der Waals surface area contributed by atoms with Gasteiger partial charge < -0.3 is 10.2 Å². The van der Waals surface area contributed by atoms with Gasteiger partial charge in [0.2, 0.25) is 0 Å². The molecule has 1 atom stereocenters. The maximum absolute atomic E-state index is 4.09. The molecule has 0 amide bonds. The summed E-state index contributed by atoms with van der Waals surface area (Å²) in [6, 6.07) is 0.723. The number of nitrogens with one attached hydrogen (secondary N) is 1. The largest absolute Gasteiger partial charge is 0.316 e. The summed E-state index contributed by atoms with van der Waals surface area (Å²) in [4.78, 5) is 4.86. The molecule has 0 aromatic carbocycles. The van der Waals surface area contributed by atoms with Crippen molar-refractivity contribution in [1.29, 1.82) is 0 Å². The van der Waals surface area contributed by atoms with Crippen LogP contribution >= 0.6 is 0 Å². The highest BCUT2D eigenvalue weighted by molar-refractivity contribution is 5.00. The minimum atomic E-state index is 0.723. The predicted molar refractivity (Wildman–Crippen MR) is 66.2 cm³/mol. The van der Waals surface area contributed by atoms with Crippen LogP contribution in [-0.4, -0.2) is 63.2 Å². The van der Waals surface area contributed by atoms with Crippen molar-refractivity contribution < 1.29 is 0 Å². The first-order valence-electron chi connectivity index (χ1n) is 5.83. The van der Waals surface area contributed by atoms with Crippen molar-refractivity contribution in [3.63, 3.8) is 0 Å². The fourth-order valence-corrected chi connectivity index (χ4v) is 2.22. The molecule has 15 heavy (non-hydrogen) atoms. The third kappa shape index (κ3) is 4.33. The monoisotopic (exact) mass is 211 g/mol. The first-order chi connectivity index (χ1) is 7.13. The van der Waals surface area contributed by atoms with Gasteiger partial charge in [-0.1, -0.05) is 6.58 Å². The zero-order chi connectivity index (χ0) is 11.3. The number of hydrogen-bond donors (Lipinski definition) is 1. The average molecular weight is 211 g/mol. The van der Waals surface area contributed by atoms with Crippen LogP contribution in [0.3, 0.4) is 0 Å². The van der Waals surface area contributed by atoms with E-state index in [0.29, 0.717) is 0 Å². The van der Waals surface area contributed by atoms with E-state index < -0.39 is 0 Å². The molecule has 1 aliphatic rings. The Labute approximate surface area is 94.1 Å². The molecule has 3 nitrogen and oxygen atoms in total. The number of hydrogen-bond acceptors (Lipinski definition) is 3. The zero-order valence-electron chi connectivity index (χ0n) is 10.4. The van der Waals surface area contributed by atoms with Crippen LogP contribution in [0.4, 0.5) is 0 Å². The second-order valence-corrected chi connectivity index (χ2v) is 4.78. The molecule has 1 fully saturated rings. The van der Waals surface area contributed by atoms with E-state index in [0.717, 1.165) is 19.1 Å². The van der Waals surface area contributed by atoms with Gasteiger partial charge in [0.05, 0.1) is 0 Å². The standard InChI is InChI=1S/C12H25N3/c1-11(8-13-2)9-15-7-5-6-12(10-15)14(3)4/h12-13H,1,5-10H2,2-4H3. The van der Waals surface area contributed by atoms with E-state index >= 15 is 0 Å². The molecule has 1 unspecified atom stereocenters. The van der Waals surface area contributed by atoms with Gasteiger partial charge in [-0.15, -0.1) is 0 Å². The van der Waals surface area contributed by atoms with Gasteiger partial charge in [-0.3, -0.25) is 4.90 Å². The Morgan fingerprint density at radius 2 is 2.27 bits per heavy atom. The van der Waals surface area contributed by atoms with Gasteiger partial charge in [-0.05, 0) is 46.1 Å². The number of nitrogens with zero attached hydrogens (tertiary/aromatic N) is 2. The van der Waals surface area contributed by atoms with Crippen LogP contribution in [0.1, 0.15) is 12.8 Å². The number of likely N-dealkylation sites (N-methyl/N-ethyl adjacent to an activating group) is 2. The topological polar surface area (TPSA) is 18.5 Å².